The number of benzene rings is 2. The molecule has 0 radical (unpaired) electrons. The first-order valence-corrected chi connectivity index (χ1v) is 14.3. The number of allylic oxidation sites excluding steroid dienone is 1. The minimum Gasteiger partial charge on any atom is -0.496 e. The van der Waals surface area contributed by atoms with Gasteiger partial charge in [-0.25, -0.2) is 4.99 Å². The second kappa shape index (κ2) is 11.1. The lowest BCUT2D eigenvalue weighted by Gasteiger charge is -2.29. The molecule has 7 nitrogen and oxygen atoms in total. The van der Waals surface area contributed by atoms with Gasteiger partial charge in [-0.05, 0) is 70.5 Å². The lowest BCUT2D eigenvalue weighted by atomic mass is 9.94. The zero-order valence-electron chi connectivity index (χ0n) is 23.8. The second-order valence-corrected chi connectivity index (χ2v) is 10.8. The maximum atomic E-state index is 14.1. The van der Waals surface area contributed by atoms with Gasteiger partial charge in [0.2, 0.25) is 0 Å². The number of carbonyl (C=O) groups excluding carboxylic acids is 1. The van der Waals surface area contributed by atoms with Crippen LogP contribution in [0.1, 0.15) is 49.3 Å². The smallest absolute Gasteiger partial charge is 0.271 e. The number of para-hydroxylation sites is 2. The van der Waals surface area contributed by atoms with Crippen LogP contribution in [0.2, 0.25) is 0 Å². The lowest BCUT2D eigenvalue weighted by Crippen LogP contribution is -2.43. The third-order valence-corrected chi connectivity index (χ3v) is 8.49. The average Bonchev–Trinajstić information content (AvgIpc) is 3.42. The number of amides is 1. The molecule has 1 atom stereocenters. The van der Waals surface area contributed by atoms with Crippen LogP contribution in [0, 0.1) is 13.8 Å². The first kappa shape index (κ1) is 27.4. The standard InChI is InChI=1S/C32H34N4O3S/c1-7-34(8-2)31(38)28-21(4)33-32-36(29(28)25-16-12-13-17-26(25)39-6)30(37)27(40-32)19-23-18-20(3)35(22(23)5)24-14-10-9-11-15-24/h9-19,29H,7-8H2,1-6H3/b27-19+/t29-/m0/s1. The summed E-state index contributed by atoms with van der Waals surface area (Å²) in [4.78, 5) is 35.1. The fourth-order valence-electron chi connectivity index (χ4n) is 5.51. The number of hydrogen-bond donors (Lipinski definition) is 0. The zero-order valence-corrected chi connectivity index (χ0v) is 24.6. The Morgan fingerprint density at radius 2 is 1.73 bits per heavy atom. The SMILES string of the molecule is CCN(CC)C(=O)C1=C(C)N=c2s/c(=C/c3cc(C)n(-c4ccccc4)c3C)c(=O)n2[C@H]1c1ccccc1OC. The van der Waals surface area contributed by atoms with Gasteiger partial charge in [0.05, 0.1) is 22.9 Å². The van der Waals surface area contributed by atoms with Crippen molar-refractivity contribution in [2.45, 2.75) is 40.7 Å². The van der Waals surface area contributed by atoms with E-state index in [1.54, 1.807) is 16.6 Å². The minimum atomic E-state index is -0.653. The third-order valence-electron chi connectivity index (χ3n) is 7.51. The van der Waals surface area contributed by atoms with Crippen molar-refractivity contribution < 1.29 is 9.53 Å². The molecule has 0 aliphatic carbocycles. The number of carbonyl (C=O) groups is 1. The van der Waals surface area contributed by atoms with Crippen molar-refractivity contribution in [1.82, 2.24) is 14.0 Å². The Bertz CT molecular complexity index is 1790. The number of aromatic nitrogens is 2. The van der Waals surface area contributed by atoms with Gasteiger partial charge in [0.25, 0.3) is 11.5 Å². The molecule has 2 aromatic heterocycles. The maximum absolute atomic E-state index is 14.1. The van der Waals surface area contributed by atoms with Gasteiger partial charge in [0.1, 0.15) is 11.8 Å². The number of likely N-dealkylation sites (N-methyl/N-ethyl adjacent to an activating group) is 1. The number of fused-ring (bicyclic) bond motifs is 1. The van der Waals surface area contributed by atoms with Crippen LogP contribution in [-0.2, 0) is 4.79 Å². The summed E-state index contributed by atoms with van der Waals surface area (Å²) in [6, 6.07) is 19.2. The highest BCUT2D eigenvalue weighted by Crippen LogP contribution is 2.36. The average molecular weight is 555 g/mol. The van der Waals surface area contributed by atoms with Crippen molar-refractivity contribution in [3.05, 3.63) is 114 Å². The van der Waals surface area contributed by atoms with E-state index < -0.39 is 6.04 Å². The molecular formula is C32H34N4O3S. The van der Waals surface area contributed by atoms with E-state index in [4.69, 9.17) is 9.73 Å². The fraction of sp³-hybridized carbons (Fsp3) is 0.281. The van der Waals surface area contributed by atoms with Crippen LogP contribution < -0.4 is 19.6 Å². The van der Waals surface area contributed by atoms with Gasteiger partial charge in [0.15, 0.2) is 4.80 Å². The van der Waals surface area contributed by atoms with Crippen LogP contribution >= 0.6 is 11.3 Å². The molecule has 0 spiro atoms. The molecule has 0 N–H and O–H groups in total. The zero-order chi connectivity index (χ0) is 28.6. The van der Waals surface area contributed by atoms with Gasteiger partial charge >= 0.3 is 0 Å². The van der Waals surface area contributed by atoms with E-state index in [-0.39, 0.29) is 11.5 Å². The topological polar surface area (TPSA) is 68.8 Å². The summed E-state index contributed by atoms with van der Waals surface area (Å²) in [6.45, 7) is 11.0. The van der Waals surface area contributed by atoms with Crippen molar-refractivity contribution in [2.75, 3.05) is 20.2 Å². The van der Waals surface area contributed by atoms with E-state index >= 15 is 0 Å². The highest BCUT2D eigenvalue weighted by molar-refractivity contribution is 7.07. The van der Waals surface area contributed by atoms with Gasteiger partial charge in [-0.15, -0.1) is 0 Å². The predicted molar refractivity (Wildman–Crippen MR) is 160 cm³/mol. The Morgan fingerprint density at radius 3 is 2.40 bits per heavy atom. The molecule has 0 bridgehead atoms. The summed E-state index contributed by atoms with van der Waals surface area (Å²) in [5, 5.41) is 0. The number of thiazole rings is 1. The summed E-state index contributed by atoms with van der Waals surface area (Å²) in [7, 11) is 1.60. The number of nitrogens with zero attached hydrogens (tertiary/aromatic N) is 4. The van der Waals surface area contributed by atoms with Crippen molar-refractivity contribution in [1.29, 1.82) is 0 Å². The van der Waals surface area contributed by atoms with Gasteiger partial charge in [0, 0.05) is 35.7 Å². The molecule has 1 aliphatic heterocycles. The molecule has 4 aromatic rings. The largest absolute Gasteiger partial charge is 0.496 e. The van der Waals surface area contributed by atoms with Crippen molar-refractivity contribution >= 4 is 23.3 Å². The summed E-state index contributed by atoms with van der Waals surface area (Å²) in [5.74, 6) is 0.496. The Balaban J connectivity index is 1.73. The molecule has 1 aliphatic rings. The number of aryl methyl sites for hydroxylation is 1. The molecule has 2 aromatic carbocycles. The van der Waals surface area contributed by atoms with Crippen LogP contribution in [0.25, 0.3) is 11.8 Å². The lowest BCUT2D eigenvalue weighted by molar-refractivity contribution is -0.127. The number of hydrogen-bond acceptors (Lipinski definition) is 5. The monoisotopic (exact) mass is 554 g/mol. The molecule has 1 amide bonds. The molecule has 8 heteroatoms. The molecule has 3 heterocycles. The summed E-state index contributed by atoms with van der Waals surface area (Å²) < 4.78 is 10.1. The molecule has 40 heavy (non-hydrogen) atoms. The quantitative estimate of drug-likeness (QED) is 0.337. The highest BCUT2D eigenvalue weighted by Gasteiger charge is 2.35. The molecule has 5 rings (SSSR count). The Kier molecular flexibility index (Phi) is 7.63. The van der Waals surface area contributed by atoms with E-state index in [9.17, 15) is 9.59 Å². The summed E-state index contributed by atoms with van der Waals surface area (Å²) in [5.41, 5.74) is 5.85. The van der Waals surface area contributed by atoms with Crippen LogP contribution in [0.15, 0.2) is 81.7 Å². The van der Waals surface area contributed by atoms with Crippen LogP contribution in [0.5, 0.6) is 5.75 Å². The molecule has 0 saturated heterocycles. The van der Waals surface area contributed by atoms with Gasteiger partial charge < -0.3 is 14.2 Å². The molecule has 206 valence electrons. The summed E-state index contributed by atoms with van der Waals surface area (Å²) >= 11 is 1.34. The van der Waals surface area contributed by atoms with E-state index in [1.165, 1.54) is 11.3 Å². The number of ether oxygens (including phenoxy) is 1. The summed E-state index contributed by atoms with van der Waals surface area (Å²) in [6.07, 6.45) is 1.94. The van der Waals surface area contributed by atoms with E-state index in [0.717, 1.165) is 28.2 Å². The normalized spacial score (nSPS) is 15.2. The van der Waals surface area contributed by atoms with E-state index in [0.29, 0.717) is 39.4 Å². The Labute approximate surface area is 238 Å². The van der Waals surface area contributed by atoms with Crippen LogP contribution in [0.4, 0.5) is 0 Å². The van der Waals surface area contributed by atoms with Gasteiger partial charge in [-0.2, -0.15) is 0 Å². The van der Waals surface area contributed by atoms with Crippen molar-refractivity contribution in [3.8, 4) is 11.4 Å². The number of rotatable bonds is 7. The van der Waals surface area contributed by atoms with E-state index in [2.05, 4.69) is 36.6 Å². The molecule has 0 unspecified atom stereocenters. The highest BCUT2D eigenvalue weighted by atomic mass is 32.1. The molecule has 0 fully saturated rings. The maximum Gasteiger partial charge on any atom is 0.271 e. The Hall–Kier alpha value is -4.17. The minimum absolute atomic E-state index is 0.122. The third kappa shape index (κ3) is 4.62. The molecular weight excluding hydrogens is 520 g/mol. The van der Waals surface area contributed by atoms with Crippen LogP contribution in [-0.4, -0.2) is 40.1 Å². The predicted octanol–water partition coefficient (Wildman–Crippen LogP) is 4.52. The fourth-order valence-corrected chi connectivity index (χ4v) is 6.55. The Morgan fingerprint density at radius 1 is 1.05 bits per heavy atom. The molecule has 0 saturated carbocycles. The van der Waals surface area contributed by atoms with Crippen molar-refractivity contribution in [2.24, 2.45) is 4.99 Å². The van der Waals surface area contributed by atoms with Gasteiger partial charge in [-0.3, -0.25) is 14.2 Å². The first-order chi connectivity index (χ1) is 19.3. The van der Waals surface area contributed by atoms with E-state index in [1.807, 2.05) is 69.3 Å². The van der Waals surface area contributed by atoms with Crippen molar-refractivity contribution in [3.63, 3.8) is 0 Å². The number of methoxy groups -OCH3 is 1. The second-order valence-electron chi connectivity index (χ2n) is 9.80. The van der Waals surface area contributed by atoms with Gasteiger partial charge in [-0.1, -0.05) is 47.7 Å². The first-order valence-electron chi connectivity index (χ1n) is 13.5. The van der Waals surface area contributed by atoms with Crippen LogP contribution in [0.3, 0.4) is 0 Å².